The lowest BCUT2D eigenvalue weighted by Crippen LogP contribution is -2.46. The molecule has 1 saturated carbocycles. The number of alkyl carbamates (subject to hydrolysis) is 1. The van der Waals surface area contributed by atoms with Gasteiger partial charge in [-0.3, -0.25) is 0 Å². The molecule has 0 heterocycles. The van der Waals surface area contributed by atoms with Crippen LogP contribution in [0.25, 0.3) is 0 Å². The van der Waals surface area contributed by atoms with E-state index in [4.69, 9.17) is 9.47 Å². The van der Waals surface area contributed by atoms with E-state index in [1.54, 1.807) is 20.8 Å². The maximum Gasteiger partial charge on any atom is 0.408 e. The zero-order valence-electron chi connectivity index (χ0n) is 13.4. The Morgan fingerprint density at radius 1 is 1.05 bits per heavy atom. The number of ether oxygens (including phenoxy) is 2. The van der Waals surface area contributed by atoms with Crippen molar-refractivity contribution in [3.8, 4) is 0 Å². The summed E-state index contributed by atoms with van der Waals surface area (Å²) in [6.07, 6.45) is 2.26. The third-order valence-corrected chi connectivity index (χ3v) is 2.65. The van der Waals surface area contributed by atoms with Gasteiger partial charge in [0.2, 0.25) is 0 Å². The minimum atomic E-state index is -0.628. The summed E-state index contributed by atoms with van der Waals surface area (Å²) >= 11 is 0. The molecular formula is C15H27NO4. The third kappa shape index (κ3) is 7.36. The third-order valence-electron chi connectivity index (χ3n) is 2.65. The highest BCUT2D eigenvalue weighted by molar-refractivity contribution is 5.81. The molecule has 116 valence electrons. The maximum atomic E-state index is 12.1. The minimum Gasteiger partial charge on any atom is -0.458 e. The van der Waals surface area contributed by atoms with E-state index in [1.807, 2.05) is 20.8 Å². The van der Waals surface area contributed by atoms with Gasteiger partial charge in [0.1, 0.15) is 17.2 Å². The number of amides is 1. The summed E-state index contributed by atoms with van der Waals surface area (Å²) in [5.74, 6) is 0.109. The van der Waals surface area contributed by atoms with Crippen LogP contribution < -0.4 is 5.32 Å². The zero-order chi connectivity index (χ0) is 15.6. The zero-order valence-corrected chi connectivity index (χ0v) is 13.4. The van der Waals surface area contributed by atoms with Gasteiger partial charge in [-0.25, -0.2) is 9.59 Å². The van der Waals surface area contributed by atoms with Gasteiger partial charge in [0, 0.05) is 0 Å². The van der Waals surface area contributed by atoms with Gasteiger partial charge in [-0.15, -0.1) is 0 Å². The molecule has 5 nitrogen and oxygen atoms in total. The first-order valence-corrected chi connectivity index (χ1v) is 7.19. The molecule has 0 radical (unpaired) electrons. The summed E-state index contributed by atoms with van der Waals surface area (Å²) in [5, 5.41) is 2.63. The smallest absolute Gasteiger partial charge is 0.408 e. The lowest BCUT2D eigenvalue weighted by molar-refractivity contribution is -0.157. The number of hydrogen-bond donors (Lipinski definition) is 1. The number of rotatable bonds is 4. The summed E-state index contributed by atoms with van der Waals surface area (Å²) in [6, 6.07) is -0.628. The number of carbonyl (C=O) groups is 2. The van der Waals surface area contributed by atoms with Gasteiger partial charge in [0.05, 0.1) is 0 Å². The molecule has 5 heteroatoms. The largest absolute Gasteiger partial charge is 0.458 e. The summed E-state index contributed by atoms with van der Waals surface area (Å²) < 4.78 is 10.5. The highest BCUT2D eigenvalue weighted by atomic mass is 16.6. The van der Waals surface area contributed by atoms with Crippen molar-refractivity contribution in [3.05, 3.63) is 0 Å². The van der Waals surface area contributed by atoms with Crippen LogP contribution in [0.4, 0.5) is 4.79 Å². The Kier molecular flexibility index (Phi) is 5.05. The molecule has 0 aromatic heterocycles. The van der Waals surface area contributed by atoms with E-state index >= 15 is 0 Å². The van der Waals surface area contributed by atoms with E-state index in [0.29, 0.717) is 12.3 Å². The second-order valence-corrected chi connectivity index (χ2v) is 7.41. The molecule has 1 atom stereocenters. The summed E-state index contributed by atoms with van der Waals surface area (Å²) in [4.78, 5) is 23.9. The molecule has 1 rings (SSSR count). The molecule has 1 amide bonds. The number of carbonyl (C=O) groups excluding carboxylic acids is 2. The van der Waals surface area contributed by atoms with E-state index in [0.717, 1.165) is 12.8 Å². The Labute approximate surface area is 121 Å². The fourth-order valence-electron chi connectivity index (χ4n) is 1.72. The quantitative estimate of drug-likeness (QED) is 0.806. The number of nitrogens with one attached hydrogen (secondary N) is 1. The van der Waals surface area contributed by atoms with Crippen molar-refractivity contribution in [3.63, 3.8) is 0 Å². The fraction of sp³-hybridized carbons (Fsp3) is 0.867. The average Bonchev–Trinajstić information content (AvgIpc) is 2.94. The van der Waals surface area contributed by atoms with E-state index in [-0.39, 0.29) is 0 Å². The molecule has 0 bridgehead atoms. The Hall–Kier alpha value is -1.26. The van der Waals surface area contributed by atoms with Gasteiger partial charge >= 0.3 is 12.1 Å². The van der Waals surface area contributed by atoms with Gasteiger partial charge in [0.15, 0.2) is 0 Å². The fourth-order valence-corrected chi connectivity index (χ4v) is 1.72. The molecule has 20 heavy (non-hydrogen) atoms. The maximum absolute atomic E-state index is 12.1. The summed E-state index contributed by atoms with van der Waals surface area (Å²) in [7, 11) is 0. The Morgan fingerprint density at radius 2 is 1.55 bits per heavy atom. The molecule has 0 aliphatic heterocycles. The minimum absolute atomic E-state index is 0.393. The van der Waals surface area contributed by atoms with Crippen LogP contribution in [0.2, 0.25) is 0 Å². The van der Waals surface area contributed by atoms with Crippen LogP contribution in [0.1, 0.15) is 60.8 Å². The highest BCUT2D eigenvalue weighted by Gasteiger charge is 2.34. The van der Waals surface area contributed by atoms with Crippen LogP contribution in [0.3, 0.4) is 0 Å². The van der Waals surface area contributed by atoms with Crippen molar-refractivity contribution >= 4 is 12.1 Å². The van der Waals surface area contributed by atoms with Crippen molar-refractivity contribution in [2.45, 2.75) is 78.0 Å². The van der Waals surface area contributed by atoms with Gasteiger partial charge in [-0.1, -0.05) is 12.8 Å². The summed E-state index contributed by atoms with van der Waals surface area (Å²) in [5.41, 5.74) is -1.14. The van der Waals surface area contributed by atoms with Crippen LogP contribution in [-0.4, -0.2) is 29.3 Å². The highest BCUT2D eigenvalue weighted by Crippen LogP contribution is 2.34. The van der Waals surface area contributed by atoms with Crippen LogP contribution in [0, 0.1) is 5.92 Å². The van der Waals surface area contributed by atoms with Crippen LogP contribution in [0.15, 0.2) is 0 Å². The van der Waals surface area contributed by atoms with Crippen molar-refractivity contribution in [1.29, 1.82) is 0 Å². The first kappa shape index (κ1) is 16.8. The topological polar surface area (TPSA) is 64.6 Å². The van der Waals surface area contributed by atoms with Crippen molar-refractivity contribution in [2.24, 2.45) is 5.92 Å². The van der Waals surface area contributed by atoms with Crippen molar-refractivity contribution < 1.29 is 19.1 Å². The molecule has 0 aromatic carbocycles. The SMILES string of the molecule is CC(C)(C)OC(=O)N[C@@H](CC1CC1)C(=O)OC(C)(C)C. The second-order valence-electron chi connectivity index (χ2n) is 7.41. The Bertz CT molecular complexity index is 361. The molecule has 0 saturated heterocycles. The summed E-state index contributed by atoms with van der Waals surface area (Å²) in [6.45, 7) is 10.8. The first-order chi connectivity index (χ1) is 8.96. The van der Waals surface area contributed by atoms with Gasteiger partial charge in [0.25, 0.3) is 0 Å². The standard InChI is InChI=1S/C15H27NO4/c1-14(2,3)19-12(17)11(9-10-7-8-10)16-13(18)20-15(4,5)6/h10-11H,7-9H2,1-6H3,(H,16,18)/t11-/m0/s1. The average molecular weight is 285 g/mol. The predicted octanol–water partition coefficient (Wildman–Crippen LogP) is 3.02. The molecule has 0 aromatic rings. The Balaban J connectivity index is 2.59. The molecule has 1 aliphatic carbocycles. The Morgan fingerprint density at radius 3 is 1.95 bits per heavy atom. The number of hydrogen-bond acceptors (Lipinski definition) is 4. The van der Waals surface area contributed by atoms with Gasteiger partial charge in [-0.2, -0.15) is 0 Å². The normalized spacial score (nSPS) is 17.3. The van der Waals surface area contributed by atoms with Gasteiger partial charge < -0.3 is 14.8 Å². The molecular weight excluding hydrogens is 258 g/mol. The second kappa shape index (κ2) is 6.02. The number of esters is 1. The van der Waals surface area contributed by atoms with Crippen LogP contribution >= 0.6 is 0 Å². The predicted molar refractivity (Wildman–Crippen MR) is 76.3 cm³/mol. The molecule has 0 unspecified atom stereocenters. The lowest BCUT2D eigenvalue weighted by Gasteiger charge is -2.26. The lowest BCUT2D eigenvalue weighted by atomic mass is 10.1. The van der Waals surface area contributed by atoms with Crippen LogP contribution in [0.5, 0.6) is 0 Å². The van der Waals surface area contributed by atoms with E-state index in [2.05, 4.69) is 5.32 Å². The van der Waals surface area contributed by atoms with Crippen molar-refractivity contribution in [2.75, 3.05) is 0 Å². The van der Waals surface area contributed by atoms with E-state index in [9.17, 15) is 9.59 Å². The monoisotopic (exact) mass is 285 g/mol. The molecule has 1 N–H and O–H groups in total. The molecule has 1 aliphatic rings. The first-order valence-electron chi connectivity index (χ1n) is 7.19. The van der Waals surface area contributed by atoms with Crippen LogP contribution in [-0.2, 0) is 14.3 Å². The van der Waals surface area contributed by atoms with Crippen molar-refractivity contribution in [1.82, 2.24) is 5.32 Å². The molecule has 1 fully saturated rings. The van der Waals surface area contributed by atoms with E-state index < -0.39 is 29.3 Å². The molecule has 0 spiro atoms. The van der Waals surface area contributed by atoms with E-state index in [1.165, 1.54) is 0 Å². The van der Waals surface area contributed by atoms with Gasteiger partial charge in [-0.05, 0) is 53.9 Å².